The maximum atomic E-state index is 13.6. The van der Waals surface area contributed by atoms with Crippen LogP contribution in [0.4, 0.5) is 0 Å². The molecule has 176 valence electrons. The highest BCUT2D eigenvalue weighted by Gasteiger charge is 2.61. The maximum Gasteiger partial charge on any atom is 0.312 e. The molecule has 2 atom stereocenters. The number of ether oxygens (including phenoxy) is 1. The quantitative estimate of drug-likeness (QED) is 0.389. The average Bonchev–Trinajstić information content (AvgIpc) is 3.28. The standard InChI is InChI=1S/C28H29ClN2O3/c1-17-3-6-22(9-18(17)2)27-11-19-10-20(12-27)14-28(13-19,16-27)26(32)33-15-24-30-31-25(34-24)21-4-7-23(29)8-5-21/h3-9,19-20H,10-16H2,1-2H3. The molecule has 4 bridgehead atoms. The Kier molecular flexibility index (Phi) is 5.10. The van der Waals surface area contributed by atoms with E-state index in [4.69, 9.17) is 20.8 Å². The summed E-state index contributed by atoms with van der Waals surface area (Å²) in [5.74, 6) is 1.80. The van der Waals surface area contributed by atoms with Gasteiger partial charge in [0, 0.05) is 10.6 Å². The van der Waals surface area contributed by atoms with E-state index in [2.05, 4.69) is 42.2 Å². The summed E-state index contributed by atoms with van der Waals surface area (Å²) >= 11 is 5.96. The summed E-state index contributed by atoms with van der Waals surface area (Å²) in [5, 5.41) is 8.83. The topological polar surface area (TPSA) is 65.2 Å². The Hall–Kier alpha value is -2.66. The fourth-order valence-electron chi connectivity index (χ4n) is 7.21. The first-order chi connectivity index (χ1) is 16.3. The number of aromatic nitrogens is 2. The molecule has 0 amide bonds. The molecule has 7 rings (SSSR count). The van der Waals surface area contributed by atoms with E-state index in [1.54, 1.807) is 12.1 Å². The van der Waals surface area contributed by atoms with Crippen LogP contribution in [-0.2, 0) is 21.6 Å². The summed E-state index contributed by atoms with van der Waals surface area (Å²) in [5.41, 5.74) is 4.53. The van der Waals surface area contributed by atoms with Crippen LogP contribution >= 0.6 is 11.6 Å². The summed E-state index contributed by atoms with van der Waals surface area (Å²) in [7, 11) is 0. The van der Waals surface area contributed by atoms with Gasteiger partial charge in [-0.15, -0.1) is 10.2 Å². The normalized spacial score (nSPS) is 29.4. The number of hydrogen-bond acceptors (Lipinski definition) is 5. The summed E-state index contributed by atoms with van der Waals surface area (Å²) in [6, 6.07) is 14.1. The smallest absolute Gasteiger partial charge is 0.312 e. The van der Waals surface area contributed by atoms with E-state index in [0.29, 0.717) is 28.6 Å². The molecule has 0 saturated heterocycles. The molecule has 1 heterocycles. The number of rotatable bonds is 5. The summed E-state index contributed by atoms with van der Waals surface area (Å²) < 4.78 is 11.6. The van der Waals surface area contributed by atoms with Crippen molar-refractivity contribution in [3.05, 3.63) is 70.1 Å². The molecule has 34 heavy (non-hydrogen) atoms. The van der Waals surface area contributed by atoms with Crippen LogP contribution in [0.1, 0.15) is 61.1 Å². The first-order valence-electron chi connectivity index (χ1n) is 12.2. The number of aryl methyl sites for hydroxylation is 2. The van der Waals surface area contributed by atoms with Gasteiger partial charge in [0.15, 0.2) is 6.61 Å². The van der Waals surface area contributed by atoms with Gasteiger partial charge in [-0.3, -0.25) is 4.79 Å². The number of carbonyl (C=O) groups excluding carboxylic acids is 1. The van der Waals surface area contributed by atoms with Crippen molar-refractivity contribution in [3.63, 3.8) is 0 Å². The van der Waals surface area contributed by atoms with Gasteiger partial charge >= 0.3 is 5.97 Å². The second-order valence-corrected chi connectivity index (χ2v) is 11.3. The third-order valence-corrected chi connectivity index (χ3v) is 8.75. The van der Waals surface area contributed by atoms with E-state index < -0.39 is 5.41 Å². The predicted octanol–water partition coefficient (Wildman–Crippen LogP) is 6.59. The third kappa shape index (κ3) is 3.65. The lowest BCUT2D eigenvalue weighted by Crippen LogP contribution is -2.57. The maximum absolute atomic E-state index is 13.6. The molecular formula is C28H29ClN2O3. The Bertz CT molecular complexity index is 1230. The van der Waals surface area contributed by atoms with Crippen molar-refractivity contribution in [1.29, 1.82) is 0 Å². The van der Waals surface area contributed by atoms with Crippen LogP contribution in [0.25, 0.3) is 11.5 Å². The van der Waals surface area contributed by atoms with Gasteiger partial charge in [0.05, 0.1) is 5.41 Å². The van der Waals surface area contributed by atoms with Crippen molar-refractivity contribution in [2.45, 2.75) is 64.4 Å². The molecule has 2 aromatic carbocycles. The lowest BCUT2D eigenvalue weighted by molar-refractivity contribution is -0.176. The van der Waals surface area contributed by atoms with E-state index >= 15 is 0 Å². The van der Waals surface area contributed by atoms with Crippen molar-refractivity contribution in [3.8, 4) is 11.5 Å². The fraction of sp³-hybridized carbons (Fsp3) is 0.464. The van der Waals surface area contributed by atoms with Gasteiger partial charge in [-0.05, 0) is 111 Å². The minimum atomic E-state index is -0.401. The van der Waals surface area contributed by atoms with Crippen molar-refractivity contribution in [1.82, 2.24) is 10.2 Å². The van der Waals surface area contributed by atoms with Crippen LogP contribution in [0, 0.1) is 31.1 Å². The monoisotopic (exact) mass is 476 g/mol. The molecule has 0 spiro atoms. The Balaban J connectivity index is 1.20. The van der Waals surface area contributed by atoms with Crippen molar-refractivity contribution >= 4 is 17.6 Å². The third-order valence-electron chi connectivity index (χ3n) is 8.50. The van der Waals surface area contributed by atoms with Crippen molar-refractivity contribution in [2.24, 2.45) is 17.3 Å². The zero-order valence-electron chi connectivity index (χ0n) is 19.6. The Morgan fingerprint density at radius 3 is 2.47 bits per heavy atom. The zero-order valence-corrected chi connectivity index (χ0v) is 20.4. The summed E-state index contributed by atoms with van der Waals surface area (Å²) in [6.45, 7) is 4.35. The second-order valence-electron chi connectivity index (χ2n) is 10.9. The zero-order chi connectivity index (χ0) is 23.5. The van der Waals surface area contributed by atoms with E-state index in [9.17, 15) is 4.79 Å². The minimum absolute atomic E-state index is 0.00709. The van der Waals surface area contributed by atoms with Gasteiger partial charge < -0.3 is 9.15 Å². The van der Waals surface area contributed by atoms with Gasteiger partial charge in [-0.1, -0.05) is 29.8 Å². The first-order valence-corrected chi connectivity index (χ1v) is 12.6. The Morgan fingerprint density at radius 2 is 1.76 bits per heavy atom. The highest BCUT2D eigenvalue weighted by Crippen LogP contribution is 2.66. The summed E-state index contributed by atoms with van der Waals surface area (Å²) in [6.07, 6.45) is 6.39. The largest absolute Gasteiger partial charge is 0.455 e. The highest BCUT2D eigenvalue weighted by molar-refractivity contribution is 6.30. The second kappa shape index (κ2) is 7.94. The van der Waals surface area contributed by atoms with Crippen LogP contribution in [0.3, 0.4) is 0 Å². The molecule has 6 heteroatoms. The van der Waals surface area contributed by atoms with Gasteiger partial charge in [0.1, 0.15) is 0 Å². The van der Waals surface area contributed by atoms with Gasteiger partial charge in [0.25, 0.3) is 5.89 Å². The van der Waals surface area contributed by atoms with E-state index in [-0.39, 0.29) is 18.0 Å². The number of halogens is 1. The van der Waals surface area contributed by atoms with E-state index in [1.165, 1.54) is 36.0 Å². The molecule has 4 fully saturated rings. The van der Waals surface area contributed by atoms with E-state index in [0.717, 1.165) is 24.8 Å². The van der Waals surface area contributed by atoms with Crippen molar-refractivity contribution < 1.29 is 13.9 Å². The molecule has 3 aromatic rings. The SMILES string of the molecule is Cc1ccc(C23CC4CC(CC(C(=O)OCc5nnc(-c6ccc(Cl)cc6)o5)(C4)C2)C3)cc1C. The average molecular weight is 477 g/mol. The Morgan fingerprint density at radius 1 is 1.03 bits per heavy atom. The molecule has 0 N–H and O–H groups in total. The van der Waals surface area contributed by atoms with Crippen LogP contribution in [-0.4, -0.2) is 16.2 Å². The predicted molar refractivity (Wildman–Crippen MR) is 129 cm³/mol. The molecule has 4 saturated carbocycles. The molecule has 2 unspecified atom stereocenters. The van der Waals surface area contributed by atoms with Gasteiger partial charge in [-0.25, -0.2) is 0 Å². The van der Waals surface area contributed by atoms with Gasteiger partial charge in [0.2, 0.25) is 5.89 Å². The molecule has 0 radical (unpaired) electrons. The van der Waals surface area contributed by atoms with Crippen LogP contribution in [0.15, 0.2) is 46.9 Å². The number of hydrogen-bond donors (Lipinski definition) is 0. The van der Waals surface area contributed by atoms with Gasteiger partial charge in [-0.2, -0.15) is 0 Å². The van der Waals surface area contributed by atoms with E-state index in [1.807, 2.05) is 12.1 Å². The molecule has 4 aliphatic rings. The van der Waals surface area contributed by atoms with Crippen LogP contribution in [0.2, 0.25) is 5.02 Å². The number of esters is 1. The van der Waals surface area contributed by atoms with Crippen molar-refractivity contribution in [2.75, 3.05) is 0 Å². The molecule has 1 aromatic heterocycles. The molecule has 4 aliphatic carbocycles. The van der Waals surface area contributed by atoms with Crippen LogP contribution < -0.4 is 0 Å². The number of benzene rings is 2. The number of nitrogens with zero attached hydrogens (tertiary/aromatic N) is 2. The highest BCUT2D eigenvalue weighted by atomic mass is 35.5. The molecule has 0 aliphatic heterocycles. The number of carbonyl (C=O) groups is 1. The molecule has 5 nitrogen and oxygen atoms in total. The summed E-state index contributed by atoms with van der Waals surface area (Å²) in [4.78, 5) is 13.6. The Labute approximate surface area is 204 Å². The lowest BCUT2D eigenvalue weighted by Gasteiger charge is -2.61. The molecular weight excluding hydrogens is 448 g/mol. The lowest BCUT2D eigenvalue weighted by atomic mass is 9.43. The fourth-order valence-corrected chi connectivity index (χ4v) is 7.34. The van der Waals surface area contributed by atoms with Crippen LogP contribution in [0.5, 0.6) is 0 Å². The first kappa shape index (κ1) is 21.8. The minimum Gasteiger partial charge on any atom is -0.455 e.